The molecule has 0 aliphatic carbocycles. The number of pyridine rings is 1. The number of hydrogen-bond acceptors (Lipinski definition) is 4. The number of nitrogens with one attached hydrogen (secondary N) is 1. The van der Waals surface area contributed by atoms with Crippen LogP contribution in [-0.2, 0) is 6.54 Å². The molecule has 5 heteroatoms. The molecule has 1 N–H and O–H groups in total. The van der Waals surface area contributed by atoms with E-state index in [1.54, 1.807) is 13.3 Å². The number of rotatable bonds is 4. The molecule has 1 aromatic carbocycles. The van der Waals surface area contributed by atoms with Crippen LogP contribution < -0.4 is 10.1 Å². The van der Waals surface area contributed by atoms with Gasteiger partial charge in [-0.1, -0.05) is 12.1 Å². The molecular weight excluding hydrogens is 306 g/mol. The minimum atomic E-state index is 0.375. The molecule has 0 bridgehead atoms. The van der Waals surface area contributed by atoms with Gasteiger partial charge >= 0.3 is 0 Å². The van der Waals surface area contributed by atoms with Crippen LogP contribution in [0.15, 0.2) is 41.0 Å². The smallest absolute Gasteiger partial charge is 0.156 e. The molecule has 0 spiro atoms. The first-order chi connectivity index (χ1) is 9.24. The quantitative estimate of drug-likeness (QED) is 0.939. The fourth-order valence-corrected chi connectivity index (χ4v) is 2.06. The summed E-state index contributed by atoms with van der Waals surface area (Å²) in [5, 5.41) is 12.2. The summed E-state index contributed by atoms with van der Waals surface area (Å²) in [5.41, 5.74) is 2.35. The Labute approximate surface area is 120 Å². The van der Waals surface area contributed by atoms with Crippen LogP contribution >= 0.6 is 15.9 Å². The zero-order valence-electron chi connectivity index (χ0n) is 10.4. The normalized spacial score (nSPS) is 9.74. The van der Waals surface area contributed by atoms with Crippen molar-refractivity contribution in [1.82, 2.24) is 4.98 Å². The third-order valence-electron chi connectivity index (χ3n) is 2.64. The monoisotopic (exact) mass is 317 g/mol. The van der Waals surface area contributed by atoms with Gasteiger partial charge in [-0.25, -0.2) is 4.98 Å². The van der Waals surface area contributed by atoms with Gasteiger partial charge in [-0.3, -0.25) is 0 Å². The molecule has 1 heterocycles. The summed E-state index contributed by atoms with van der Waals surface area (Å²) in [5.74, 6) is 0.834. The highest BCUT2D eigenvalue weighted by atomic mass is 79.9. The van der Waals surface area contributed by atoms with Gasteiger partial charge in [0.15, 0.2) is 5.69 Å². The van der Waals surface area contributed by atoms with E-state index in [-0.39, 0.29) is 0 Å². The second kappa shape index (κ2) is 6.21. The van der Waals surface area contributed by atoms with Gasteiger partial charge < -0.3 is 10.1 Å². The molecule has 2 aromatic rings. The molecule has 4 nitrogen and oxygen atoms in total. The maximum absolute atomic E-state index is 8.90. The number of anilines is 1. The average molecular weight is 318 g/mol. The molecule has 19 heavy (non-hydrogen) atoms. The standard InChI is InChI=1S/C14H12BrN3O/c1-19-11-4-2-10(3-5-11)9-18-12-6-7-17-13(8-16)14(12)15/h2-7H,9H2,1H3,(H,17,18). The SMILES string of the molecule is COc1ccc(CNc2ccnc(C#N)c2Br)cc1. The highest BCUT2D eigenvalue weighted by molar-refractivity contribution is 9.10. The Balaban J connectivity index is 2.08. The summed E-state index contributed by atoms with van der Waals surface area (Å²) in [6.45, 7) is 0.664. The van der Waals surface area contributed by atoms with Crippen LogP contribution in [0.4, 0.5) is 5.69 Å². The molecule has 2 rings (SSSR count). The van der Waals surface area contributed by atoms with E-state index in [9.17, 15) is 0 Å². The summed E-state index contributed by atoms with van der Waals surface area (Å²) in [6.07, 6.45) is 1.61. The second-order valence-corrected chi connectivity index (χ2v) is 4.63. The Morgan fingerprint density at radius 2 is 2.05 bits per heavy atom. The Kier molecular flexibility index (Phi) is 4.37. The van der Waals surface area contributed by atoms with Crippen molar-refractivity contribution in [3.63, 3.8) is 0 Å². The number of benzene rings is 1. The number of hydrogen-bond donors (Lipinski definition) is 1. The summed E-state index contributed by atoms with van der Waals surface area (Å²) in [4.78, 5) is 3.97. The van der Waals surface area contributed by atoms with Gasteiger partial charge in [-0.2, -0.15) is 5.26 Å². The molecule has 0 amide bonds. The first kappa shape index (κ1) is 13.4. The van der Waals surface area contributed by atoms with Crippen LogP contribution in [0.2, 0.25) is 0 Å². The second-order valence-electron chi connectivity index (χ2n) is 3.83. The Hall–Kier alpha value is -2.06. The van der Waals surface area contributed by atoms with Crippen molar-refractivity contribution in [2.24, 2.45) is 0 Å². The maximum atomic E-state index is 8.90. The fourth-order valence-electron chi connectivity index (χ4n) is 1.60. The Bertz CT molecular complexity index is 605. The molecule has 0 unspecified atom stereocenters. The largest absolute Gasteiger partial charge is 0.497 e. The van der Waals surface area contributed by atoms with Crippen molar-refractivity contribution in [2.75, 3.05) is 12.4 Å². The highest BCUT2D eigenvalue weighted by Crippen LogP contribution is 2.24. The molecule has 0 aliphatic rings. The first-order valence-corrected chi connectivity index (χ1v) is 6.45. The number of nitrogens with zero attached hydrogens (tertiary/aromatic N) is 2. The van der Waals surface area contributed by atoms with E-state index in [4.69, 9.17) is 10.00 Å². The number of nitriles is 1. The van der Waals surface area contributed by atoms with E-state index in [1.165, 1.54) is 0 Å². The third kappa shape index (κ3) is 3.24. The van der Waals surface area contributed by atoms with E-state index >= 15 is 0 Å². The summed E-state index contributed by atoms with van der Waals surface area (Å²) in [7, 11) is 1.64. The zero-order chi connectivity index (χ0) is 13.7. The minimum absolute atomic E-state index is 0.375. The van der Waals surface area contributed by atoms with E-state index in [1.807, 2.05) is 36.4 Å². The molecule has 1 aromatic heterocycles. The number of halogens is 1. The van der Waals surface area contributed by atoms with Crippen molar-refractivity contribution in [1.29, 1.82) is 5.26 Å². The fraction of sp³-hybridized carbons (Fsp3) is 0.143. The Morgan fingerprint density at radius 1 is 1.32 bits per heavy atom. The topological polar surface area (TPSA) is 57.9 Å². The number of ether oxygens (including phenoxy) is 1. The van der Waals surface area contributed by atoms with Crippen LogP contribution in [0.3, 0.4) is 0 Å². The lowest BCUT2D eigenvalue weighted by Crippen LogP contribution is -2.01. The van der Waals surface area contributed by atoms with Crippen molar-refractivity contribution >= 4 is 21.6 Å². The van der Waals surface area contributed by atoms with Crippen LogP contribution in [0.5, 0.6) is 5.75 Å². The van der Waals surface area contributed by atoms with Crippen molar-refractivity contribution < 1.29 is 4.74 Å². The lowest BCUT2D eigenvalue weighted by atomic mass is 10.2. The van der Waals surface area contributed by atoms with E-state index < -0.39 is 0 Å². The molecular formula is C14H12BrN3O. The summed E-state index contributed by atoms with van der Waals surface area (Å²) < 4.78 is 5.80. The maximum Gasteiger partial charge on any atom is 0.156 e. The van der Waals surface area contributed by atoms with Gasteiger partial charge in [-0.15, -0.1) is 0 Å². The lowest BCUT2D eigenvalue weighted by Gasteiger charge is -2.09. The van der Waals surface area contributed by atoms with Crippen LogP contribution in [-0.4, -0.2) is 12.1 Å². The Morgan fingerprint density at radius 3 is 2.68 bits per heavy atom. The highest BCUT2D eigenvalue weighted by Gasteiger charge is 2.05. The number of aromatic nitrogens is 1. The molecule has 0 saturated carbocycles. The predicted octanol–water partition coefficient (Wildman–Crippen LogP) is 3.34. The number of methoxy groups -OCH3 is 1. The van der Waals surface area contributed by atoms with Gasteiger partial charge in [-0.05, 0) is 39.7 Å². The van der Waals surface area contributed by atoms with E-state index in [0.717, 1.165) is 17.0 Å². The van der Waals surface area contributed by atoms with Crippen molar-refractivity contribution in [2.45, 2.75) is 6.54 Å². The summed E-state index contributed by atoms with van der Waals surface area (Å²) >= 11 is 3.37. The molecule has 0 saturated heterocycles. The van der Waals surface area contributed by atoms with Gasteiger partial charge in [0.1, 0.15) is 11.8 Å². The van der Waals surface area contributed by atoms with Gasteiger partial charge in [0.2, 0.25) is 0 Å². The van der Waals surface area contributed by atoms with Gasteiger partial charge in [0, 0.05) is 12.7 Å². The first-order valence-electron chi connectivity index (χ1n) is 5.66. The molecule has 0 atom stereocenters. The van der Waals surface area contributed by atoms with Crippen molar-refractivity contribution in [3.05, 3.63) is 52.3 Å². The molecule has 0 fully saturated rings. The van der Waals surface area contributed by atoms with Crippen molar-refractivity contribution in [3.8, 4) is 11.8 Å². The zero-order valence-corrected chi connectivity index (χ0v) is 11.9. The third-order valence-corrected chi connectivity index (χ3v) is 3.44. The molecule has 0 aliphatic heterocycles. The molecule has 96 valence electrons. The van der Waals surface area contributed by atoms with E-state index in [2.05, 4.69) is 26.2 Å². The average Bonchev–Trinajstić information content (AvgIpc) is 2.47. The van der Waals surface area contributed by atoms with E-state index in [0.29, 0.717) is 16.7 Å². The van der Waals surface area contributed by atoms with Crippen LogP contribution in [0, 0.1) is 11.3 Å². The van der Waals surface area contributed by atoms with Gasteiger partial charge in [0.05, 0.1) is 17.3 Å². The minimum Gasteiger partial charge on any atom is -0.497 e. The van der Waals surface area contributed by atoms with Crippen LogP contribution in [0.25, 0.3) is 0 Å². The predicted molar refractivity (Wildman–Crippen MR) is 77.0 cm³/mol. The summed E-state index contributed by atoms with van der Waals surface area (Å²) in [6, 6.07) is 11.7. The van der Waals surface area contributed by atoms with Crippen LogP contribution in [0.1, 0.15) is 11.3 Å². The van der Waals surface area contributed by atoms with Gasteiger partial charge in [0.25, 0.3) is 0 Å². The lowest BCUT2D eigenvalue weighted by molar-refractivity contribution is 0.414. The molecule has 0 radical (unpaired) electrons.